The zero-order valence-corrected chi connectivity index (χ0v) is 35.0. The number of imide groups is 1. The van der Waals surface area contributed by atoms with Gasteiger partial charge in [-0.2, -0.15) is 32.8 Å². The van der Waals surface area contributed by atoms with Crippen LogP contribution >= 0.6 is 0 Å². The molecule has 3 saturated heterocycles. The lowest BCUT2D eigenvalue weighted by Gasteiger charge is -2.32. The Kier molecular flexibility index (Phi) is 12.1. The van der Waals surface area contributed by atoms with Gasteiger partial charge in [0.15, 0.2) is 5.82 Å². The number of nitrogens with zero attached hydrogens (tertiary/aromatic N) is 9. The van der Waals surface area contributed by atoms with Crippen molar-refractivity contribution in [3.05, 3.63) is 75.7 Å². The van der Waals surface area contributed by atoms with Crippen molar-refractivity contribution in [3.8, 4) is 11.8 Å². The molecule has 18 nitrogen and oxygen atoms in total. The summed E-state index contributed by atoms with van der Waals surface area (Å²) in [5.74, 6) is 0.640. The number of aromatic nitrogens is 5. The normalized spacial score (nSPS) is 17.6. The van der Waals surface area contributed by atoms with Gasteiger partial charge in [-0.1, -0.05) is 6.07 Å². The van der Waals surface area contributed by atoms with Crippen LogP contribution in [0, 0.1) is 11.3 Å². The summed E-state index contributed by atoms with van der Waals surface area (Å²) in [5, 5.41) is 30.3. The molecule has 22 heteroatoms. The maximum absolute atomic E-state index is 13.8. The van der Waals surface area contributed by atoms with Gasteiger partial charge in [0, 0.05) is 74.3 Å². The van der Waals surface area contributed by atoms with Crippen LogP contribution in [0.15, 0.2) is 58.4 Å². The van der Waals surface area contributed by atoms with E-state index in [1.54, 1.807) is 4.68 Å². The Balaban J connectivity index is 0.849. The summed E-state index contributed by atoms with van der Waals surface area (Å²) < 4.78 is 77.3. The molecule has 0 aliphatic carbocycles. The number of nitriles is 1. The van der Waals surface area contributed by atoms with E-state index in [9.17, 15) is 46.3 Å². The van der Waals surface area contributed by atoms with Crippen LogP contribution in [0.3, 0.4) is 0 Å². The molecule has 3 aliphatic heterocycles. The van der Waals surface area contributed by atoms with Crippen molar-refractivity contribution in [1.29, 1.82) is 5.26 Å². The number of aliphatic hydroxyl groups is 1. The lowest BCUT2D eigenvalue weighted by molar-refractivity contribution is -0.140. The fraction of sp³-hybridized carbons (Fsp3) is 0.439. The summed E-state index contributed by atoms with van der Waals surface area (Å²) >= 11 is 0. The van der Waals surface area contributed by atoms with Crippen molar-refractivity contribution >= 4 is 55.7 Å². The molecule has 0 spiro atoms. The van der Waals surface area contributed by atoms with Crippen LogP contribution in [0.25, 0.3) is 21.9 Å². The highest BCUT2D eigenvalue weighted by molar-refractivity contribution is 7.89. The van der Waals surface area contributed by atoms with E-state index in [0.717, 1.165) is 36.8 Å². The highest BCUT2D eigenvalue weighted by atomic mass is 32.2. The molecule has 2 aromatic carbocycles. The number of ether oxygens (including phenoxy) is 1. The van der Waals surface area contributed by atoms with Crippen LogP contribution in [0.5, 0.6) is 5.75 Å². The van der Waals surface area contributed by atoms with Crippen LogP contribution in [-0.4, -0.2) is 117 Å². The fourth-order valence-electron chi connectivity index (χ4n) is 8.42. The van der Waals surface area contributed by atoms with E-state index >= 15 is 0 Å². The van der Waals surface area contributed by atoms with Gasteiger partial charge < -0.3 is 15.2 Å². The van der Waals surface area contributed by atoms with Crippen molar-refractivity contribution in [3.63, 3.8) is 0 Å². The van der Waals surface area contributed by atoms with Crippen LogP contribution < -0.4 is 25.8 Å². The van der Waals surface area contributed by atoms with Crippen molar-refractivity contribution in [2.45, 2.75) is 68.3 Å². The van der Waals surface area contributed by atoms with Crippen LogP contribution in [0.4, 0.5) is 29.7 Å². The summed E-state index contributed by atoms with van der Waals surface area (Å²) in [4.78, 5) is 48.9. The first-order valence-corrected chi connectivity index (χ1v) is 21.9. The number of sulfonamides is 1. The SMILES string of the molecule is Cn1nc(N2CCC(=O)NC2=O)c2ccc(C3CCN(CCOc4cc(S(=O)(=O)N5CCC(Nc6ncc7cc(CO)c(=O)n(CC(F)(F)F)c7n6)CC5)ccc4C#N)CC3)cc21. The van der Waals surface area contributed by atoms with Gasteiger partial charge in [0.05, 0.1) is 22.6 Å². The largest absolute Gasteiger partial charge is 0.491 e. The molecule has 8 rings (SSSR count). The van der Waals surface area contributed by atoms with E-state index in [1.807, 2.05) is 13.1 Å². The Morgan fingerprint density at radius 3 is 2.48 bits per heavy atom. The first-order chi connectivity index (χ1) is 30.1. The number of likely N-dealkylation sites (tertiary alicyclic amines) is 1. The smallest absolute Gasteiger partial charge is 0.406 e. The first-order valence-electron chi connectivity index (χ1n) is 20.4. The topological polar surface area (TPSA) is 221 Å². The molecule has 0 radical (unpaired) electrons. The number of benzene rings is 2. The highest BCUT2D eigenvalue weighted by Gasteiger charge is 2.33. The van der Waals surface area contributed by atoms with E-state index < -0.39 is 40.9 Å². The number of aliphatic hydroxyl groups excluding tert-OH is 1. The fourth-order valence-corrected chi connectivity index (χ4v) is 9.91. The predicted molar refractivity (Wildman–Crippen MR) is 222 cm³/mol. The number of carbonyl (C=O) groups excluding carboxylic acids is 2. The van der Waals surface area contributed by atoms with E-state index in [0.29, 0.717) is 35.7 Å². The molecule has 3 fully saturated rings. The van der Waals surface area contributed by atoms with Crippen molar-refractivity contribution in [2.75, 3.05) is 56.1 Å². The van der Waals surface area contributed by atoms with Gasteiger partial charge in [-0.3, -0.25) is 34.0 Å². The first kappa shape index (κ1) is 43.5. The van der Waals surface area contributed by atoms with Crippen molar-refractivity contribution in [2.24, 2.45) is 7.05 Å². The minimum absolute atomic E-state index is 0.0288. The molecule has 5 aromatic rings. The summed E-state index contributed by atoms with van der Waals surface area (Å²) in [5.41, 5.74) is 0.764. The number of alkyl halides is 3. The molecule has 63 heavy (non-hydrogen) atoms. The summed E-state index contributed by atoms with van der Waals surface area (Å²) in [6.07, 6.45) is -0.839. The standard InChI is InChI=1S/C41H44F3N11O7S/c1-51-33-19-26(3-5-32(33)37(50-51)54-15-10-35(57)48-40(54)59)25-6-11-52(12-7-25)16-17-62-34-20-31(4-2-27(34)21-45)63(60,61)53-13-8-30(9-14-53)47-39-46-22-28-18-29(23-56)38(58)55(36(28)49-39)24-41(42,43)44/h2-5,18-20,22,25,30,56H,6-17,23-24H2,1H3,(H,46,47,49)(H,48,57,59). The van der Waals surface area contributed by atoms with Gasteiger partial charge in [-0.25, -0.2) is 18.2 Å². The molecule has 0 atom stereocenters. The number of halogens is 3. The molecular formula is C41H44F3N11O7S. The number of rotatable bonds is 12. The number of piperidine rings is 2. The number of carbonyl (C=O) groups is 2. The van der Waals surface area contributed by atoms with E-state index in [1.165, 1.54) is 45.2 Å². The summed E-state index contributed by atoms with van der Waals surface area (Å²) in [6, 6.07) is 12.8. The van der Waals surface area contributed by atoms with Gasteiger partial charge in [0.2, 0.25) is 21.9 Å². The maximum atomic E-state index is 13.8. The molecule has 332 valence electrons. The van der Waals surface area contributed by atoms with Gasteiger partial charge in [-0.05, 0) is 80.6 Å². The third kappa shape index (κ3) is 9.18. The molecular weight excluding hydrogens is 848 g/mol. The average molecular weight is 892 g/mol. The predicted octanol–water partition coefficient (Wildman–Crippen LogP) is 3.57. The number of hydrogen-bond donors (Lipinski definition) is 3. The number of nitrogens with one attached hydrogen (secondary N) is 2. The van der Waals surface area contributed by atoms with Gasteiger partial charge in [0.25, 0.3) is 5.56 Å². The monoisotopic (exact) mass is 891 g/mol. The summed E-state index contributed by atoms with van der Waals surface area (Å²) in [7, 11) is -2.17. The lowest BCUT2D eigenvalue weighted by Crippen LogP contribution is -2.49. The summed E-state index contributed by atoms with van der Waals surface area (Å²) in [6.45, 7) is 0.510. The van der Waals surface area contributed by atoms with Gasteiger partial charge in [0.1, 0.15) is 30.6 Å². The van der Waals surface area contributed by atoms with E-state index in [2.05, 4.69) is 48.8 Å². The molecule has 3 aromatic heterocycles. The Labute approximate surface area is 358 Å². The quantitative estimate of drug-likeness (QED) is 0.163. The number of anilines is 2. The Morgan fingerprint density at radius 1 is 1.02 bits per heavy atom. The van der Waals surface area contributed by atoms with Crippen LogP contribution in [0.1, 0.15) is 54.7 Å². The Bertz CT molecular complexity index is 2790. The minimum Gasteiger partial charge on any atom is -0.491 e. The molecule has 0 bridgehead atoms. The zero-order valence-electron chi connectivity index (χ0n) is 34.1. The van der Waals surface area contributed by atoms with Crippen molar-refractivity contribution < 1.29 is 41.0 Å². The third-order valence-corrected chi connectivity index (χ3v) is 13.7. The maximum Gasteiger partial charge on any atom is 0.406 e. The molecule has 6 heterocycles. The number of hydrogen-bond acceptors (Lipinski definition) is 13. The average Bonchev–Trinajstić information content (AvgIpc) is 3.59. The molecule has 0 saturated carbocycles. The number of fused-ring (bicyclic) bond motifs is 2. The van der Waals surface area contributed by atoms with Gasteiger partial charge >= 0.3 is 12.2 Å². The van der Waals surface area contributed by atoms with E-state index in [-0.39, 0.29) is 83.4 Å². The third-order valence-electron chi connectivity index (χ3n) is 11.8. The zero-order chi connectivity index (χ0) is 44.6. The molecule has 0 unspecified atom stereocenters. The second-order valence-electron chi connectivity index (χ2n) is 15.8. The molecule has 3 amide bonds. The number of urea groups is 1. The Hall–Kier alpha value is -6.15. The number of aryl methyl sites for hydroxylation is 1. The molecule has 3 aliphatic rings. The minimum atomic E-state index is -4.72. The molecule has 3 N–H and O–H groups in total. The second-order valence-corrected chi connectivity index (χ2v) is 17.8. The van der Waals surface area contributed by atoms with Gasteiger partial charge in [-0.15, -0.1) is 0 Å². The van der Waals surface area contributed by atoms with Crippen LogP contribution in [-0.2, 0) is 35.0 Å². The number of amides is 3. The van der Waals surface area contributed by atoms with Crippen LogP contribution in [0.2, 0.25) is 0 Å². The van der Waals surface area contributed by atoms with Crippen molar-refractivity contribution in [1.82, 2.24) is 38.8 Å². The number of pyridine rings is 1. The van der Waals surface area contributed by atoms with E-state index in [4.69, 9.17) is 4.74 Å². The Morgan fingerprint density at radius 2 is 1.78 bits per heavy atom. The second kappa shape index (κ2) is 17.5. The highest BCUT2D eigenvalue weighted by Crippen LogP contribution is 2.34. The lowest BCUT2D eigenvalue weighted by atomic mass is 9.89.